The van der Waals surface area contributed by atoms with Crippen LogP contribution in [0.4, 0.5) is 4.39 Å². The van der Waals surface area contributed by atoms with Crippen LogP contribution >= 0.6 is 35.0 Å². The van der Waals surface area contributed by atoms with Crippen LogP contribution in [0.3, 0.4) is 0 Å². The molecule has 140 valence electrons. The van der Waals surface area contributed by atoms with E-state index in [4.69, 9.17) is 27.9 Å². The summed E-state index contributed by atoms with van der Waals surface area (Å²) in [7, 11) is 0. The molecule has 0 N–H and O–H groups in total. The zero-order valence-electron chi connectivity index (χ0n) is 14.2. The topological polar surface area (TPSA) is 39.9 Å². The van der Waals surface area contributed by atoms with Crippen molar-refractivity contribution in [3.05, 3.63) is 82.4 Å². The minimum atomic E-state index is -0.486. The Kier molecular flexibility index (Phi) is 6.77. The number of nitrogens with zero attached hydrogens (tertiary/aromatic N) is 3. The van der Waals surface area contributed by atoms with Crippen LogP contribution in [0.1, 0.15) is 11.4 Å². The normalized spacial score (nSPS) is 10.8. The Morgan fingerprint density at radius 3 is 2.63 bits per heavy atom. The van der Waals surface area contributed by atoms with Crippen LogP contribution < -0.4 is 4.74 Å². The standard InChI is InChI=1S/C19H16Cl2FN3OS/c1-2-9-25-18(11-26-15-7-8-17(22)16(21)10-15)23-24-19(25)27-12-13-3-5-14(20)6-4-13/h2-8,10H,1,9,11-12H2. The van der Waals surface area contributed by atoms with Gasteiger partial charge in [0.15, 0.2) is 11.0 Å². The van der Waals surface area contributed by atoms with E-state index in [1.54, 1.807) is 17.8 Å². The molecule has 0 saturated heterocycles. The fourth-order valence-electron chi connectivity index (χ4n) is 2.29. The van der Waals surface area contributed by atoms with Gasteiger partial charge in [0.1, 0.15) is 18.2 Å². The Hall–Kier alpha value is -2.02. The maximum Gasteiger partial charge on any atom is 0.191 e. The molecule has 1 aromatic heterocycles. The summed E-state index contributed by atoms with van der Waals surface area (Å²) in [6, 6.07) is 11.9. The van der Waals surface area contributed by atoms with Gasteiger partial charge in [-0.15, -0.1) is 16.8 Å². The number of thioether (sulfide) groups is 1. The molecule has 3 rings (SSSR count). The van der Waals surface area contributed by atoms with Crippen molar-refractivity contribution in [2.75, 3.05) is 0 Å². The lowest BCUT2D eigenvalue weighted by molar-refractivity contribution is 0.288. The Balaban J connectivity index is 1.69. The third kappa shape index (κ3) is 5.25. The summed E-state index contributed by atoms with van der Waals surface area (Å²) >= 11 is 13.3. The van der Waals surface area contributed by atoms with Gasteiger partial charge in [-0.25, -0.2) is 4.39 Å². The van der Waals surface area contributed by atoms with Gasteiger partial charge in [-0.2, -0.15) is 0 Å². The summed E-state index contributed by atoms with van der Waals surface area (Å²) in [4.78, 5) is 0. The van der Waals surface area contributed by atoms with Crippen LogP contribution in [0.15, 0.2) is 60.3 Å². The van der Waals surface area contributed by atoms with Gasteiger partial charge in [-0.05, 0) is 29.8 Å². The van der Waals surface area contributed by atoms with Crippen molar-refractivity contribution in [3.8, 4) is 5.75 Å². The molecule has 0 spiro atoms. The minimum absolute atomic E-state index is 0.0132. The maximum atomic E-state index is 13.2. The van der Waals surface area contributed by atoms with Gasteiger partial charge in [-0.1, -0.05) is 53.2 Å². The van der Waals surface area contributed by atoms with Crippen LogP contribution in [0.25, 0.3) is 0 Å². The average molecular weight is 424 g/mol. The van der Waals surface area contributed by atoms with Crippen LogP contribution in [0.5, 0.6) is 5.75 Å². The monoisotopic (exact) mass is 423 g/mol. The van der Waals surface area contributed by atoms with Gasteiger partial charge in [-0.3, -0.25) is 4.57 Å². The number of halogens is 3. The fraction of sp³-hybridized carbons (Fsp3) is 0.158. The van der Waals surface area contributed by atoms with Crippen LogP contribution in [-0.2, 0) is 18.9 Å². The highest BCUT2D eigenvalue weighted by Gasteiger charge is 2.13. The SMILES string of the molecule is C=CCn1c(COc2ccc(F)c(Cl)c2)nnc1SCc1ccc(Cl)cc1. The molecule has 0 saturated carbocycles. The first kappa shape index (κ1) is 19.7. The zero-order chi connectivity index (χ0) is 19.2. The Labute approximate surface area is 171 Å². The van der Waals surface area contributed by atoms with Gasteiger partial charge >= 0.3 is 0 Å². The molecule has 1 heterocycles. The predicted octanol–water partition coefficient (Wildman–Crippen LogP) is 5.78. The van der Waals surface area contributed by atoms with E-state index in [1.165, 1.54) is 18.2 Å². The molecule has 8 heteroatoms. The lowest BCUT2D eigenvalue weighted by atomic mass is 10.2. The molecule has 0 aliphatic rings. The molecule has 0 aliphatic carbocycles. The van der Waals surface area contributed by atoms with Gasteiger partial charge in [0.25, 0.3) is 0 Å². The zero-order valence-corrected chi connectivity index (χ0v) is 16.6. The molecule has 4 nitrogen and oxygen atoms in total. The molecule has 2 aromatic carbocycles. The highest BCUT2D eigenvalue weighted by Crippen LogP contribution is 2.25. The first-order valence-corrected chi connectivity index (χ1v) is 9.79. The van der Waals surface area contributed by atoms with Gasteiger partial charge < -0.3 is 4.74 Å². The third-order valence-corrected chi connectivity index (χ3v) is 5.22. The second kappa shape index (κ2) is 9.26. The van der Waals surface area contributed by atoms with Crippen molar-refractivity contribution < 1.29 is 9.13 Å². The number of hydrogen-bond acceptors (Lipinski definition) is 4. The summed E-state index contributed by atoms with van der Waals surface area (Å²) < 4.78 is 20.8. The van der Waals surface area contributed by atoms with E-state index in [0.29, 0.717) is 23.1 Å². The highest BCUT2D eigenvalue weighted by molar-refractivity contribution is 7.98. The number of benzene rings is 2. The van der Waals surface area contributed by atoms with E-state index in [9.17, 15) is 4.39 Å². The number of allylic oxidation sites excluding steroid dienone is 1. The number of rotatable bonds is 8. The summed E-state index contributed by atoms with van der Waals surface area (Å²) in [5.74, 6) is 1.36. The van der Waals surface area contributed by atoms with Gasteiger partial charge in [0.2, 0.25) is 0 Å². The third-order valence-electron chi connectivity index (χ3n) is 3.65. The molecular formula is C19H16Cl2FN3OS. The molecular weight excluding hydrogens is 408 g/mol. The van der Waals surface area contributed by atoms with E-state index in [1.807, 2.05) is 28.8 Å². The fourth-order valence-corrected chi connectivity index (χ4v) is 3.51. The maximum absolute atomic E-state index is 13.2. The van der Waals surface area contributed by atoms with E-state index >= 15 is 0 Å². The van der Waals surface area contributed by atoms with Gasteiger partial charge in [0.05, 0.1) is 5.02 Å². The van der Waals surface area contributed by atoms with E-state index < -0.39 is 5.82 Å². The summed E-state index contributed by atoms with van der Waals surface area (Å²) in [6.45, 7) is 4.52. The average Bonchev–Trinajstić information content (AvgIpc) is 3.04. The summed E-state index contributed by atoms with van der Waals surface area (Å²) in [5.41, 5.74) is 1.14. The number of ether oxygens (including phenoxy) is 1. The molecule has 0 aliphatic heterocycles. The van der Waals surface area contributed by atoms with Crippen molar-refractivity contribution in [1.82, 2.24) is 14.8 Å². The Morgan fingerprint density at radius 1 is 1.15 bits per heavy atom. The number of hydrogen-bond donors (Lipinski definition) is 0. The molecule has 3 aromatic rings. The van der Waals surface area contributed by atoms with Crippen molar-refractivity contribution >= 4 is 35.0 Å². The summed E-state index contributed by atoms with van der Waals surface area (Å²) in [6.07, 6.45) is 1.77. The Morgan fingerprint density at radius 2 is 1.93 bits per heavy atom. The molecule has 0 atom stereocenters. The van der Waals surface area contributed by atoms with E-state index in [2.05, 4.69) is 16.8 Å². The lowest BCUT2D eigenvalue weighted by Gasteiger charge is -2.09. The van der Waals surface area contributed by atoms with Crippen LogP contribution in [-0.4, -0.2) is 14.8 Å². The molecule has 0 bridgehead atoms. The first-order valence-electron chi connectivity index (χ1n) is 8.05. The minimum Gasteiger partial charge on any atom is -0.486 e. The quantitative estimate of drug-likeness (QED) is 0.340. The molecule has 0 radical (unpaired) electrons. The molecule has 0 unspecified atom stereocenters. The second-order valence-corrected chi connectivity index (χ2v) is 7.36. The van der Waals surface area contributed by atoms with Gasteiger partial charge in [0, 0.05) is 23.4 Å². The van der Waals surface area contributed by atoms with Crippen molar-refractivity contribution in [3.63, 3.8) is 0 Å². The van der Waals surface area contributed by atoms with Crippen LogP contribution in [0, 0.1) is 5.82 Å². The Bertz CT molecular complexity index is 931. The van der Waals surface area contributed by atoms with Crippen molar-refractivity contribution in [1.29, 1.82) is 0 Å². The summed E-state index contributed by atoms with van der Waals surface area (Å²) in [5, 5.41) is 9.94. The van der Waals surface area contributed by atoms with Crippen molar-refractivity contribution in [2.24, 2.45) is 0 Å². The van der Waals surface area contributed by atoms with Crippen LogP contribution in [0.2, 0.25) is 10.0 Å². The van der Waals surface area contributed by atoms with E-state index in [-0.39, 0.29) is 11.6 Å². The molecule has 0 amide bonds. The predicted molar refractivity (Wildman–Crippen MR) is 107 cm³/mol. The number of aromatic nitrogens is 3. The van der Waals surface area contributed by atoms with E-state index in [0.717, 1.165) is 16.5 Å². The molecule has 27 heavy (non-hydrogen) atoms. The van der Waals surface area contributed by atoms with Crippen molar-refractivity contribution in [2.45, 2.75) is 24.1 Å². The largest absolute Gasteiger partial charge is 0.486 e. The molecule has 0 fully saturated rings. The lowest BCUT2D eigenvalue weighted by Crippen LogP contribution is -2.07. The second-order valence-electron chi connectivity index (χ2n) is 5.58. The highest BCUT2D eigenvalue weighted by atomic mass is 35.5. The first-order chi connectivity index (χ1) is 13.1. The smallest absolute Gasteiger partial charge is 0.191 e.